The summed E-state index contributed by atoms with van der Waals surface area (Å²) in [7, 11) is 0. The molecule has 1 fully saturated rings. The van der Waals surface area contributed by atoms with Gasteiger partial charge in [0.2, 0.25) is 0 Å². The van der Waals surface area contributed by atoms with Gasteiger partial charge in [0.15, 0.2) is 0 Å². The third-order valence-electron chi connectivity index (χ3n) is 4.60. The zero-order valence-electron chi connectivity index (χ0n) is 11.9. The average Bonchev–Trinajstić information content (AvgIpc) is 2.47. The van der Waals surface area contributed by atoms with E-state index in [0.29, 0.717) is 5.56 Å². The smallest absolute Gasteiger partial charge is 0.146 e. The van der Waals surface area contributed by atoms with Crippen molar-refractivity contribution >= 4 is 0 Å². The summed E-state index contributed by atoms with van der Waals surface area (Å²) in [6, 6.07) is 1.39. The van der Waals surface area contributed by atoms with Crippen LogP contribution in [-0.2, 0) is 0 Å². The second-order valence-electron chi connectivity index (χ2n) is 5.63. The molecule has 0 aliphatic carbocycles. The minimum Gasteiger partial charge on any atom is -0.322 e. The van der Waals surface area contributed by atoms with E-state index >= 15 is 0 Å². The topological polar surface area (TPSA) is 42.1 Å². The standard InChI is InChI=1S/C15H24FN3/c1-3-15(2,19-9-5-4-6-10-19)14(17)12-7-8-18-11-13(12)16/h7-8,11,14H,3-6,9-10,17H2,1-2H3. The molecule has 2 N–H and O–H groups in total. The fourth-order valence-corrected chi connectivity index (χ4v) is 3.02. The van der Waals surface area contributed by atoms with E-state index in [1.165, 1.54) is 25.5 Å². The van der Waals surface area contributed by atoms with E-state index in [1.54, 1.807) is 12.3 Å². The molecule has 1 saturated heterocycles. The number of likely N-dealkylation sites (tertiary alicyclic amines) is 1. The van der Waals surface area contributed by atoms with E-state index in [0.717, 1.165) is 19.5 Å². The Labute approximate surface area is 115 Å². The summed E-state index contributed by atoms with van der Waals surface area (Å²) < 4.78 is 13.9. The number of aromatic nitrogens is 1. The highest BCUT2D eigenvalue weighted by Crippen LogP contribution is 2.35. The summed E-state index contributed by atoms with van der Waals surface area (Å²) in [5.41, 5.74) is 6.79. The highest BCUT2D eigenvalue weighted by molar-refractivity contribution is 5.21. The lowest BCUT2D eigenvalue weighted by Gasteiger charge is -2.46. The van der Waals surface area contributed by atoms with Crippen LogP contribution in [-0.4, -0.2) is 28.5 Å². The predicted octanol–water partition coefficient (Wildman–Crippen LogP) is 2.88. The Balaban J connectivity index is 2.27. The Kier molecular flexibility index (Phi) is 4.53. The summed E-state index contributed by atoms with van der Waals surface area (Å²) >= 11 is 0. The molecule has 2 heterocycles. The molecule has 4 heteroatoms. The second kappa shape index (κ2) is 5.97. The molecule has 0 saturated carbocycles. The van der Waals surface area contributed by atoms with Gasteiger partial charge in [0.05, 0.1) is 12.2 Å². The molecule has 1 aromatic heterocycles. The lowest BCUT2D eigenvalue weighted by molar-refractivity contribution is 0.0532. The van der Waals surface area contributed by atoms with Gasteiger partial charge in [-0.05, 0) is 45.3 Å². The van der Waals surface area contributed by atoms with Crippen molar-refractivity contribution in [1.82, 2.24) is 9.88 Å². The molecule has 0 radical (unpaired) electrons. The lowest BCUT2D eigenvalue weighted by Crippen LogP contribution is -2.54. The average molecular weight is 265 g/mol. The number of piperidine rings is 1. The first-order valence-electron chi connectivity index (χ1n) is 7.19. The maximum Gasteiger partial charge on any atom is 0.146 e. The van der Waals surface area contributed by atoms with Crippen LogP contribution in [0.3, 0.4) is 0 Å². The molecule has 3 nitrogen and oxygen atoms in total. The SMILES string of the molecule is CCC(C)(C(N)c1ccncc1F)N1CCCCC1. The van der Waals surface area contributed by atoms with Gasteiger partial charge < -0.3 is 5.73 Å². The van der Waals surface area contributed by atoms with Gasteiger partial charge in [-0.15, -0.1) is 0 Å². The van der Waals surface area contributed by atoms with Crippen molar-refractivity contribution in [3.8, 4) is 0 Å². The number of nitrogens with zero attached hydrogens (tertiary/aromatic N) is 2. The van der Waals surface area contributed by atoms with E-state index < -0.39 is 0 Å². The molecule has 0 spiro atoms. The van der Waals surface area contributed by atoms with E-state index in [2.05, 4.69) is 23.7 Å². The molecular formula is C15H24FN3. The Morgan fingerprint density at radius 3 is 2.68 bits per heavy atom. The quantitative estimate of drug-likeness (QED) is 0.910. The van der Waals surface area contributed by atoms with Gasteiger partial charge in [-0.2, -0.15) is 0 Å². The van der Waals surface area contributed by atoms with E-state index in [-0.39, 0.29) is 17.4 Å². The monoisotopic (exact) mass is 265 g/mol. The normalized spacial score (nSPS) is 21.9. The molecule has 2 atom stereocenters. The number of hydrogen-bond donors (Lipinski definition) is 1. The summed E-state index contributed by atoms with van der Waals surface area (Å²) in [4.78, 5) is 6.24. The molecule has 0 bridgehead atoms. The van der Waals surface area contributed by atoms with Crippen molar-refractivity contribution in [3.63, 3.8) is 0 Å². The Morgan fingerprint density at radius 1 is 1.42 bits per heavy atom. The van der Waals surface area contributed by atoms with Crippen molar-refractivity contribution in [2.24, 2.45) is 5.73 Å². The van der Waals surface area contributed by atoms with Gasteiger partial charge in [-0.25, -0.2) is 4.39 Å². The van der Waals surface area contributed by atoms with E-state index in [1.807, 2.05) is 0 Å². The molecule has 2 unspecified atom stereocenters. The van der Waals surface area contributed by atoms with Gasteiger partial charge >= 0.3 is 0 Å². The van der Waals surface area contributed by atoms with Crippen molar-refractivity contribution < 1.29 is 4.39 Å². The zero-order chi connectivity index (χ0) is 13.9. The predicted molar refractivity (Wildman–Crippen MR) is 75.2 cm³/mol. The molecular weight excluding hydrogens is 241 g/mol. The van der Waals surface area contributed by atoms with E-state index in [4.69, 9.17) is 5.73 Å². The van der Waals surface area contributed by atoms with Gasteiger partial charge in [0.25, 0.3) is 0 Å². The molecule has 106 valence electrons. The highest BCUT2D eigenvalue weighted by atomic mass is 19.1. The van der Waals surface area contributed by atoms with Crippen LogP contribution in [0.25, 0.3) is 0 Å². The van der Waals surface area contributed by atoms with Crippen molar-refractivity contribution in [2.75, 3.05) is 13.1 Å². The number of hydrogen-bond acceptors (Lipinski definition) is 3. The summed E-state index contributed by atoms with van der Waals surface area (Å²) in [6.07, 6.45) is 7.49. The molecule has 1 aromatic rings. The summed E-state index contributed by atoms with van der Waals surface area (Å²) in [6.45, 7) is 6.41. The molecule has 2 rings (SSSR count). The van der Waals surface area contributed by atoms with Crippen LogP contribution >= 0.6 is 0 Å². The molecule has 1 aliphatic heterocycles. The fourth-order valence-electron chi connectivity index (χ4n) is 3.02. The first-order valence-corrected chi connectivity index (χ1v) is 7.19. The van der Waals surface area contributed by atoms with Crippen LogP contribution in [0.2, 0.25) is 0 Å². The van der Waals surface area contributed by atoms with Crippen LogP contribution in [0.1, 0.15) is 51.1 Å². The third kappa shape index (κ3) is 2.79. The van der Waals surface area contributed by atoms with Crippen LogP contribution in [0, 0.1) is 5.82 Å². The maximum atomic E-state index is 13.9. The molecule has 0 aromatic carbocycles. The Hall–Kier alpha value is -1.00. The van der Waals surface area contributed by atoms with E-state index in [9.17, 15) is 4.39 Å². The van der Waals surface area contributed by atoms with Gasteiger partial charge in [0.1, 0.15) is 5.82 Å². The fraction of sp³-hybridized carbons (Fsp3) is 0.667. The largest absolute Gasteiger partial charge is 0.322 e. The van der Waals surface area contributed by atoms with Gasteiger partial charge in [0, 0.05) is 17.3 Å². The lowest BCUT2D eigenvalue weighted by atomic mass is 9.82. The van der Waals surface area contributed by atoms with Crippen LogP contribution in [0.15, 0.2) is 18.5 Å². The van der Waals surface area contributed by atoms with Crippen molar-refractivity contribution in [3.05, 3.63) is 29.8 Å². The molecule has 0 amide bonds. The summed E-state index contributed by atoms with van der Waals surface area (Å²) in [5.74, 6) is -0.299. The zero-order valence-corrected chi connectivity index (χ0v) is 11.9. The third-order valence-corrected chi connectivity index (χ3v) is 4.60. The summed E-state index contributed by atoms with van der Waals surface area (Å²) in [5, 5.41) is 0. The van der Waals surface area contributed by atoms with Crippen LogP contribution in [0.4, 0.5) is 4.39 Å². The second-order valence-corrected chi connectivity index (χ2v) is 5.63. The minimum atomic E-state index is -0.321. The van der Waals surface area contributed by atoms with Crippen molar-refractivity contribution in [1.29, 1.82) is 0 Å². The Bertz CT molecular complexity index is 418. The number of nitrogens with two attached hydrogens (primary N) is 1. The van der Waals surface area contributed by atoms with Crippen LogP contribution < -0.4 is 5.73 Å². The highest BCUT2D eigenvalue weighted by Gasteiger charge is 2.38. The van der Waals surface area contributed by atoms with Gasteiger partial charge in [-0.1, -0.05) is 13.3 Å². The first-order chi connectivity index (χ1) is 9.09. The molecule has 1 aliphatic rings. The number of rotatable bonds is 4. The number of pyridine rings is 1. The number of halogens is 1. The van der Waals surface area contributed by atoms with Gasteiger partial charge in [-0.3, -0.25) is 9.88 Å². The van der Waals surface area contributed by atoms with Crippen LogP contribution in [0.5, 0.6) is 0 Å². The molecule has 19 heavy (non-hydrogen) atoms. The Morgan fingerprint density at radius 2 is 2.11 bits per heavy atom. The minimum absolute atomic E-state index is 0.192. The first kappa shape index (κ1) is 14.4. The maximum absolute atomic E-state index is 13.9. The van der Waals surface area contributed by atoms with Crippen molar-refractivity contribution in [2.45, 2.75) is 51.1 Å².